The lowest BCUT2D eigenvalue weighted by Gasteiger charge is -2.39. The summed E-state index contributed by atoms with van der Waals surface area (Å²) in [6, 6.07) is 0.955. The van der Waals surface area contributed by atoms with Gasteiger partial charge >= 0.3 is 0 Å². The molecule has 3 atom stereocenters. The monoisotopic (exact) mass is 240 g/mol. The largest absolute Gasteiger partial charge is 0.328 e. The molecule has 2 aliphatic carbocycles. The SMILES string of the molecule is CC.CC1CC(C2CCC(N)CC2)CCC1N. The summed E-state index contributed by atoms with van der Waals surface area (Å²) in [5, 5.41) is 0. The number of nitrogens with two attached hydrogens (primary N) is 2. The Kier molecular flexibility index (Phi) is 6.50. The van der Waals surface area contributed by atoms with Crippen LogP contribution in [0.1, 0.15) is 65.7 Å². The molecule has 0 saturated heterocycles. The Morgan fingerprint density at radius 2 is 1.29 bits per heavy atom. The van der Waals surface area contributed by atoms with E-state index in [1.165, 1.54) is 44.9 Å². The van der Waals surface area contributed by atoms with Gasteiger partial charge in [0.05, 0.1) is 0 Å². The van der Waals surface area contributed by atoms with Crippen LogP contribution in [0.4, 0.5) is 0 Å². The first kappa shape index (κ1) is 15.0. The highest BCUT2D eigenvalue weighted by atomic mass is 14.7. The van der Waals surface area contributed by atoms with Gasteiger partial charge < -0.3 is 11.5 Å². The molecule has 0 bridgehead atoms. The van der Waals surface area contributed by atoms with Crippen LogP contribution in [0.25, 0.3) is 0 Å². The molecular weight excluding hydrogens is 208 g/mol. The second-order valence-electron chi connectivity index (χ2n) is 5.89. The minimum atomic E-state index is 0.465. The molecule has 2 heteroatoms. The van der Waals surface area contributed by atoms with Gasteiger partial charge in [-0.15, -0.1) is 0 Å². The predicted molar refractivity (Wildman–Crippen MR) is 75.8 cm³/mol. The van der Waals surface area contributed by atoms with Crippen LogP contribution >= 0.6 is 0 Å². The van der Waals surface area contributed by atoms with Gasteiger partial charge in [0.1, 0.15) is 0 Å². The van der Waals surface area contributed by atoms with Crippen molar-refractivity contribution in [3.63, 3.8) is 0 Å². The molecular formula is C15H32N2. The van der Waals surface area contributed by atoms with E-state index in [0.717, 1.165) is 17.8 Å². The Hall–Kier alpha value is -0.0800. The maximum Gasteiger partial charge on any atom is 0.00647 e. The summed E-state index contributed by atoms with van der Waals surface area (Å²) in [5.74, 6) is 2.64. The Labute approximate surface area is 108 Å². The van der Waals surface area contributed by atoms with Crippen molar-refractivity contribution in [2.75, 3.05) is 0 Å². The van der Waals surface area contributed by atoms with Crippen LogP contribution in [-0.2, 0) is 0 Å². The fourth-order valence-electron chi connectivity index (χ4n) is 3.51. The molecule has 0 heterocycles. The maximum absolute atomic E-state index is 6.07. The molecule has 102 valence electrons. The van der Waals surface area contributed by atoms with E-state index < -0.39 is 0 Å². The molecule has 0 aliphatic heterocycles. The minimum Gasteiger partial charge on any atom is -0.328 e. The summed E-state index contributed by atoms with van der Waals surface area (Å²) in [5.41, 5.74) is 12.0. The second-order valence-corrected chi connectivity index (χ2v) is 5.89. The third-order valence-corrected chi connectivity index (χ3v) is 4.76. The summed E-state index contributed by atoms with van der Waals surface area (Å²) in [7, 11) is 0. The highest BCUT2D eigenvalue weighted by Gasteiger charge is 2.32. The lowest BCUT2D eigenvalue weighted by atomic mass is 9.69. The molecule has 0 aromatic heterocycles. The van der Waals surface area contributed by atoms with Gasteiger partial charge in [-0.1, -0.05) is 20.8 Å². The molecule has 2 fully saturated rings. The Morgan fingerprint density at radius 3 is 1.82 bits per heavy atom. The van der Waals surface area contributed by atoms with E-state index in [9.17, 15) is 0 Å². The fourth-order valence-corrected chi connectivity index (χ4v) is 3.51. The summed E-state index contributed by atoms with van der Waals surface area (Å²) in [4.78, 5) is 0. The van der Waals surface area contributed by atoms with E-state index in [1.807, 2.05) is 13.8 Å². The Balaban J connectivity index is 0.000000686. The molecule has 3 unspecified atom stereocenters. The summed E-state index contributed by atoms with van der Waals surface area (Å²) < 4.78 is 0. The summed E-state index contributed by atoms with van der Waals surface area (Å²) >= 11 is 0. The van der Waals surface area contributed by atoms with Crippen LogP contribution in [-0.4, -0.2) is 12.1 Å². The zero-order valence-electron chi connectivity index (χ0n) is 12.0. The van der Waals surface area contributed by atoms with Gasteiger partial charge in [0.2, 0.25) is 0 Å². The van der Waals surface area contributed by atoms with E-state index in [1.54, 1.807) is 0 Å². The maximum atomic E-state index is 6.07. The third kappa shape index (κ3) is 4.26. The molecule has 0 aromatic rings. The summed E-state index contributed by atoms with van der Waals surface area (Å²) in [6.07, 6.45) is 9.21. The topological polar surface area (TPSA) is 52.0 Å². The molecule has 4 N–H and O–H groups in total. The van der Waals surface area contributed by atoms with Crippen LogP contribution in [0.5, 0.6) is 0 Å². The first-order chi connectivity index (χ1) is 8.16. The summed E-state index contributed by atoms with van der Waals surface area (Å²) in [6.45, 7) is 6.32. The first-order valence-corrected chi connectivity index (χ1v) is 7.68. The lowest BCUT2D eigenvalue weighted by molar-refractivity contribution is 0.146. The highest BCUT2D eigenvalue weighted by molar-refractivity contribution is 4.86. The van der Waals surface area contributed by atoms with Crippen LogP contribution in [0, 0.1) is 17.8 Å². The van der Waals surface area contributed by atoms with Crippen molar-refractivity contribution in [3.05, 3.63) is 0 Å². The second kappa shape index (κ2) is 7.38. The van der Waals surface area contributed by atoms with Gasteiger partial charge in [0.15, 0.2) is 0 Å². The smallest absolute Gasteiger partial charge is 0.00647 e. The normalized spacial score (nSPS) is 42.5. The van der Waals surface area contributed by atoms with E-state index in [0.29, 0.717) is 12.1 Å². The van der Waals surface area contributed by atoms with Crippen molar-refractivity contribution in [2.24, 2.45) is 29.2 Å². The molecule has 2 aliphatic rings. The third-order valence-electron chi connectivity index (χ3n) is 4.76. The number of hydrogen-bond acceptors (Lipinski definition) is 2. The zero-order chi connectivity index (χ0) is 12.8. The molecule has 0 amide bonds. The van der Waals surface area contributed by atoms with Crippen molar-refractivity contribution < 1.29 is 0 Å². The fraction of sp³-hybridized carbons (Fsp3) is 1.00. The lowest BCUT2D eigenvalue weighted by Crippen LogP contribution is -2.38. The van der Waals surface area contributed by atoms with Crippen molar-refractivity contribution in [3.8, 4) is 0 Å². The van der Waals surface area contributed by atoms with E-state index in [-0.39, 0.29) is 0 Å². The molecule has 0 radical (unpaired) electrons. The van der Waals surface area contributed by atoms with Crippen LogP contribution in [0.2, 0.25) is 0 Å². The Morgan fingerprint density at radius 1 is 0.765 bits per heavy atom. The van der Waals surface area contributed by atoms with Gasteiger partial charge in [-0.2, -0.15) is 0 Å². The van der Waals surface area contributed by atoms with Crippen LogP contribution < -0.4 is 11.5 Å². The van der Waals surface area contributed by atoms with Crippen molar-refractivity contribution in [1.29, 1.82) is 0 Å². The molecule has 17 heavy (non-hydrogen) atoms. The average molecular weight is 240 g/mol. The standard InChI is InChI=1S/C13H26N2.C2H6/c1-9-8-11(4-7-13(9)15)10-2-5-12(14)6-3-10;1-2/h9-13H,2-8,14-15H2,1H3;1-2H3. The van der Waals surface area contributed by atoms with E-state index >= 15 is 0 Å². The molecule has 0 spiro atoms. The van der Waals surface area contributed by atoms with Crippen molar-refractivity contribution in [2.45, 2.75) is 77.8 Å². The van der Waals surface area contributed by atoms with Gasteiger partial charge in [-0.25, -0.2) is 0 Å². The first-order valence-electron chi connectivity index (χ1n) is 7.68. The minimum absolute atomic E-state index is 0.465. The van der Waals surface area contributed by atoms with E-state index in [2.05, 4.69) is 6.92 Å². The zero-order valence-corrected chi connectivity index (χ0v) is 12.0. The molecule has 2 nitrogen and oxygen atoms in total. The van der Waals surface area contributed by atoms with Gasteiger partial charge in [0, 0.05) is 12.1 Å². The predicted octanol–water partition coefficient (Wildman–Crippen LogP) is 3.29. The van der Waals surface area contributed by atoms with Crippen LogP contribution in [0.15, 0.2) is 0 Å². The van der Waals surface area contributed by atoms with Crippen molar-refractivity contribution in [1.82, 2.24) is 0 Å². The molecule has 2 saturated carbocycles. The molecule has 2 rings (SSSR count). The number of rotatable bonds is 1. The van der Waals surface area contributed by atoms with Crippen LogP contribution in [0.3, 0.4) is 0 Å². The Bertz CT molecular complexity index is 197. The van der Waals surface area contributed by atoms with Gasteiger partial charge in [-0.3, -0.25) is 0 Å². The van der Waals surface area contributed by atoms with E-state index in [4.69, 9.17) is 11.5 Å². The van der Waals surface area contributed by atoms with Crippen molar-refractivity contribution >= 4 is 0 Å². The van der Waals surface area contributed by atoms with Gasteiger partial charge in [-0.05, 0) is 62.7 Å². The average Bonchev–Trinajstić information content (AvgIpc) is 2.36. The highest BCUT2D eigenvalue weighted by Crippen LogP contribution is 2.39. The molecule has 0 aromatic carbocycles. The number of hydrogen-bond donors (Lipinski definition) is 2. The van der Waals surface area contributed by atoms with Gasteiger partial charge in [0.25, 0.3) is 0 Å². The quantitative estimate of drug-likeness (QED) is 0.739.